The maximum Gasteiger partial charge on any atom is 0.136 e. The van der Waals surface area contributed by atoms with Gasteiger partial charge in [0.05, 0.1) is 17.3 Å². The third kappa shape index (κ3) is 4.17. The second-order valence-corrected chi connectivity index (χ2v) is 9.56. The monoisotopic (exact) mass is 444 g/mol. The van der Waals surface area contributed by atoms with Crippen LogP contribution in [0.3, 0.4) is 0 Å². The van der Waals surface area contributed by atoms with Gasteiger partial charge in [0.1, 0.15) is 17.7 Å². The second kappa shape index (κ2) is 9.43. The molecule has 1 aromatic carbocycles. The van der Waals surface area contributed by atoms with E-state index in [0.717, 1.165) is 74.4 Å². The highest BCUT2D eigenvalue weighted by atomic mass is 15.2. The molecule has 1 aliphatic carbocycles. The molecular formula is C27H36N6. The van der Waals surface area contributed by atoms with Gasteiger partial charge in [-0.1, -0.05) is 33.4 Å². The van der Waals surface area contributed by atoms with Gasteiger partial charge in [-0.25, -0.2) is 9.97 Å². The number of benzene rings is 1. The number of nitrogen functional groups attached to an aromatic ring is 1. The molecular weight excluding hydrogens is 408 g/mol. The molecule has 6 nitrogen and oxygen atoms in total. The predicted octanol–water partition coefficient (Wildman–Crippen LogP) is 4.72. The Morgan fingerprint density at radius 1 is 1.30 bits per heavy atom. The van der Waals surface area contributed by atoms with Crippen molar-refractivity contribution in [3.63, 3.8) is 0 Å². The largest absolute Gasteiger partial charge is 0.401 e. The first-order valence-electron chi connectivity index (χ1n) is 12.3. The Balaban J connectivity index is 1.79. The summed E-state index contributed by atoms with van der Waals surface area (Å²) in [5.41, 5.74) is 19.1. The van der Waals surface area contributed by atoms with Gasteiger partial charge in [0.25, 0.3) is 0 Å². The van der Waals surface area contributed by atoms with Crippen molar-refractivity contribution < 1.29 is 0 Å². The van der Waals surface area contributed by atoms with E-state index in [1.165, 1.54) is 11.1 Å². The van der Waals surface area contributed by atoms with Crippen LogP contribution in [0.15, 0.2) is 24.4 Å². The van der Waals surface area contributed by atoms with Crippen molar-refractivity contribution in [1.29, 1.82) is 5.26 Å². The van der Waals surface area contributed by atoms with Crippen molar-refractivity contribution in [2.24, 2.45) is 5.73 Å². The average Bonchev–Trinajstić information content (AvgIpc) is 3.32. The molecule has 2 aliphatic rings. The fourth-order valence-electron chi connectivity index (χ4n) is 5.56. The van der Waals surface area contributed by atoms with Crippen LogP contribution in [-0.2, 0) is 19.3 Å². The van der Waals surface area contributed by atoms with E-state index in [1.54, 1.807) is 0 Å². The number of nitrogens with zero attached hydrogens (tertiary/aromatic N) is 4. The smallest absolute Gasteiger partial charge is 0.136 e. The van der Waals surface area contributed by atoms with Crippen LogP contribution in [0.25, 0.3) is 0 Å². The molecule has 6 heteroatoms. The van der Waals surface area contributed by atoms with E-state index < -0.39 is 0 Å². The van der Waals surface area contributed by atoms with Crippen molar-refractivity contribution in [2.45, 2.75) is 83.6 Å². The van der Waals surface area contributed by atoms with Crippen molar-refractivity contribution in [3.8, 4) is 6.07 Å². The number of aromatic nitrogens is 2. The normalized spacial score (nSPS) is 20.8. The molecule has 33 heavy (non-hydrogen) atoms. The molecule has 2 aromatic rings. The lowest BCUT2D eigenvalue weighted by molar-refractivity contribution is 0.552. The predicted molar refractivity (Wildman–Crippen MR) is 134 cm³/mol. The topological polar surface area (TPSA) is 105 Å². The zero-order valence-electron chi connectivity index (χ0n) is 20.2. The van der Waals surface area contributed by atoms with E-state index in [0.29, 0.717) is 22.9 Å². The van der Waals surface area contributed by atoms with Crippen molar-refractivity contribution >= 4 is 11.5 Å². The molecule has 2 unspecified atom stereocenters. The minimum atomic E-state index is 0.141. The molecule has 3 atom stereocenters. The summed E-state index contributed by atoms with van der Waals surface area (Å²) in [4.78, 5) is 12.3. The molecule has 1 fully saturated rings. The maximum absolute atomic E-state index is 9.97. The number of hydrogen-bond donors (Lipinski definition) is 2. The Kier molecular flexibility index (Phi) is 6.60. The highest BCUT2D eigenvalue weighted by Crippen LogP contribution is 2.42. The van der Waals surface area contributed by atoms with Crippen LogP contribution < -0.4 is 16.4 Å². The first-order valence-corrected chi connectivity index (χ1v) is 12.3. The average molecular weight is 445 g/mol. The number of nitrogens with two attached hydrogens (primary N) is 2. The molecule has 0 radical (unpaired) electrons. The molecule has 0 amide bonds. The fourth-order valence-corrected chi connectivity index (χ4v) is 5.56. The number of nitriles is 1. The highest BCUT2D eigenvalue weighted by Gasteiger charge is 2.34. The summed E-state index contributed by atoms with van der Waals surface area (Å²) >= 11 is 0. The fraction of sp³-hybridized carbons (Fsp3) is 0.519. The number of hydrogen-bond acceptors (Lipinski definition) is 6. The van der Waals surface area contributed by atoms with E-state index in [2.05, 4.69) is 44.4 Å². The van der Waals surface area contributed by atoms with Crippen LogP contribution in [0.2, 0.25) is 0 Å². The minimum Gasteiger partial charge on any atom is -0.401 e. The van der Waals surface area contributed by atoms with Gasteiger partial charge in [0.2, 0.25) is 0 Å². The summed E-state index contributed by atoms with van der Waals surface area (Å²) in [6.45, 7) is 11.5. The van der Waals surface area contributed by atoms with Gasteiger partial charge >= 0.3 is 0 Å². The Bertz CT molecular complexity index is 1100. The van der Waals surface area contributed by atoms with Crippen molar-refractivity contribution in [1.82, 2.24) is 9.97 Å². The van der Waals surface area contributed by atoms with E-state index in [1.807, 2.05) is 6.07 Å². The maximum atomic E-state index is 9.97. The molecule has 2 heterocycles. The molecule has 4 N–H and O–H groups in total. The van der Waals surface area contributed by atoms with Crippen LogP contribution in [0.5, 0.6) is 0 Å². The summed E-state index contributed by atoms with van der Waals surface area (Å²) in [6.07, 6.45) is 6.57. The lowest BCUT2D eigenvalue weighted by atomic mass is 9.76. The van der Waals surface area contributed by atoms with Gasteiger partial charge in [0, 0.05) is 29.9 Å². The third-order valence-corrected chi connectivity index (χ3v) is 7.54. The molecule has 0 saturated carbocycles. The van der Waals surface area contributed by atoms with Gasteiger partial charge in [-0.2, -0.15) is 5.26 Å². The summed E-state index contributed by atoms with van der Waals surface area (Å²) in [5.74, 6) is 2.51. The first-order chi connectivity index (χ1) is 15.9. The Hall–Kier alpha value is -3.07. The number of aryl methyl sites for hydroxylation is 1. The van der Waals surface area contributed by atoms with Crippen molar-refractivity contribution in [2.75, 3.05) is 17.2 Å². The Labute approximate surface area is 197 Å². The summed E-state index contributed by atoms with van der Waals surface area (Å²) in [5, 5.41) is 9.97. The third-order valence-electron chi connectivity index (χ3n) is 7.54. The van der Waals surface area contributed by atoms with Crippen LogP contribution in [-0.4, -0.2) is 22.6 Å². The van der Waals surface area contributed by atoms with E-state index >= 15 is 0 Å². The van der Waals surface area contributed by atoms with Crippen molar-refractivity contribution in [3.05, 3.63) is 58.2 Å². The molecule has 0 bridgehead atoms. The van der Waals surface area contributed by atoms with E-state index in [4.69, 9.17) is 21.4 Å². The number of anilines is 2. The molecule has 0 spiro atoms. The quantitative estimate of drug-likeness (QED) is 0.625. The lowest BCUT2D eigenvalue weighted by Gasteiger charge is -2.33. The second-order valence-electron chi connectivity index (χ2n) is 9.56. The number of fused-ring (bicyclic) bond motifs is 1. The van der Waals surface area contributed by atoms with Gasteiger partial charge in [0.15, 0.2) is 0 Å². The first kappa shape index (κ1) is 23.1. The molecule has 4 rings (SSSR count). The Morgan fingerprint density at radius 3 is 2.76 bits per heavy atom. The minimum absolute atomic E-state index is 0.141. The number of rotatable bonds is 6. The zero-order chi connectivity index (χ0) is 23.7. The lowest BCUT2D eigenvalue weighted by Crippen LogP contribution is -2.36. The molecule has 1 saturated heterocycles. The van der Waals surface area contributed by atoms with E-state index in [9.17, 15) is 5.26 Å². The highest BCUT2D eigenvalue weighted by molar-refractivity contribution is 5.63. The Morgan fingerprint density at radius 2 is 2.09 bits per heavy atom. The van der Waals surface area contributed by atoms with Gasteiger partial charge in [-0.15, -0.1) is 0 Å². The molecule has 1 aliphatic heterocycles. The summed E-state index contributed by atoms with van der Waals surface area (Å²) in [7, 11) is 0. The summed E-state index contributed by atoms with van der Waals surface area (Å²) < 4.78 is 0. The summed E-state index contributed by atoms with van der Waals surface area (Å²) in [6, 6.07) is 6.57. The molecule has 1 aromatic heterocycles. The van der Waals surface area contributed by atoms with Gasteiger partial charge in [-0.3, -0.25) is 0 Å². The zero-order valence-corrected chi connectivity index (χ0v) is 20.2. The van der Waals surface area contributed by atoms with Gasteiger partial charge < -0.3 is 16.4 Å². The SMILES string of the molecule is C=C(N)C1CCCN1c1nc(CC)nc2c1CCC(c1c([C@@H](C)CC)ccc(N)c1C#N)C2. The molecule has 174 valence electrons. The van der Waals surface area contributed by atoms with E-state index in [-0.39, 0.29) is 12.0 Å². The van der Waals surface area contributed by atoms with Crippen LogP contribution in [0.1, 0.15) is 92.1 Å². The van der Waals surface area contributed by atoms with Crippen LogP contribution in [0.4, 0.5) is 11.5 Å². The van der Waals surface area contributed by atoms with Crippen LogP contribution >= 0.6 is 0 Å². The standard InChI is InChI=1S/C27H36N6/c1-5-16(3)19-11-12-22(30)21(15-28)26(19)18-9-10-20-23(14-18)31-25(6-2)32-27(20)33-13-7-8-24(33)17(4)29/h11-12,16,18,24H,4-10,13-14,29-30H2,1-3H3/t16-,18?,24?/m0/s1. The van der Waals surface area contributed by atoms with Gasteiger partial charge in [-0.05, 0) is 67.6 Å². The van der Waals surface area contributed by atoms with Crippen LogP contribution in [0, 0.1) is 11.3 Å².